The van der Waals surface area contributed by atoms with E-state index in [1.165, 1.54) is 11.1 Å². The summed E-state index contributed by atoms with van der Waals surface area (Å²) in [6.45, 7) is 7.30. The molecule has 1 aliphatic rings. The van der Waals surface area contributed by atoms with Gasteiger partial charge in [0.2, 0.25) is 5.91 Å². The van der Waals surface area contributed by atoms with Gasteiger partial charge in [0.05, 0.1) is 0 Å². The highest BCUT2D eigenvalue weighted by molar-refractivity contribution is 5.79. The number of carbonyl (C=O) groups excluding carboxylic acids is 2. The van der Waals surface area contributed by atoms with E-state index in [9.17, 15) is 9.59 Å². The van der Waals surface area contributed by atoms with Crippen LogP contribution in [-0.4, -0.2) is 54.5 Å². The maximum absolute atomic E-state index is 12.9. The van der Waals surface area contributed by atoms with Crippen LogP contribution in [0.1, 0.15) is 43.7 Å². The molecular formula is C25H33N3O2. The zero-order valence-electron chi connectivity index (χ0n) is 18.1. The smallest absolute Gasteiger partial charge is 0.319 e. The first-order chi connectivity index (χ1) is 14.6. The third kappa shape index (κ3) is 5.41. The molecule has 0 spiro atoms. The number of hydrogen-bond donors (Lipinski definition) is 1. The molecule has 1 N–H and O–H groups in total. The van der Waals surface area contributed by atoms with Gasteiger partial charge < -0.3 is 15.1 Å². The lowest BCUT2D eigenvalue weighted by Crippen LogP contribution is -2.48. The molecule has 0 aromatic heterocycles. The van der Waals surface area contributed by atoms with Crippen LogP contribution in [0.4, 0.5) is 4.79 Å². The van der Waals surface area contributed by atoms with E-state index in [-0.39, 0.29) is 23.8 Å². The Labute approximate surface area is 180 Å². The highest BCUT2D eigenvalue weighted by Gasteiger charge is 2.29. The van der Waals surface area contributed by atoms with Gasteiger partial charge in [-0.2, -0.15) is 0 Å². The maximum atomic E-state index is 12.9. The number of nitrogens with zero attached hydrogens (tertiary/aromatic N) is 2. The maximum Gasteiger partial charge on any atom is 0.319 e. The second-order valence-electron chi connectivity index (χ2n) is 7.84. The standard InChI is InChI=1S/C25H33N3O2/c1-3-27(4-2)25(30)28-17-15-22(16-18-28)24(29)26-19-23(20-11-7-5-8-12-20)21-13-9-6-10-14-21/h5-14,22-23H,3-4,15-19H2,1-2H3,(H,26,29). The highest BCUT2D eigenvalue weighted by atomic mass is 16.2. The molecule has 1 heterocycles. The predicted octanol–water partition coefficient (Wildman–Crippen LogP) is 4.11. The van der Waals surface area contributed by atoms with Crippen LogP contribution in [0, 0.1) is 5.92 Å². The fraction of sp³-hybridized carbons (Fsp3) is 0.440. The minimum atomic E-state index is -0.0297. The lowest BCUT2D eigenvalue weighted by molar-refractivity contribution is -0.126. The van der Waals surface area contributed by atoms with Crippen LogP contribution >= 0.6 is 0 Å². The van der Waals surface area contributed by atoms with Gasteiger partial charge in [-0.1, -0.05) is 60.7 Å². The van der Waals surface area contributed by atoms with Gasteiger partial charge in [-0.3, -0.25) is 4.79 Å². The fourth-order valence-electron chi connectivity index (χ4n) is 4.17. The number of benzene rings is 2. The molecule has 2 aromatic carbocycles. The number of piperidine rings is 1. The molecule has 5 nitrogen and oxygen atoms in total. The molecule has 5 heteroatoms. The molecule has 2 aromatic rings. The molecule has 160 valence electrons. The van der Waals surface area contributed by atoms with Crippen molar-refractivity contribution in [2.24, 2.45) is 5.92 Å². The number of carbonyl (C=O) groups is 2. The zero-order chi connectivity index (χ0) is 21.3. The van der Waals surface area contributed by atoms with E-state index in [2.05, 4.69) is 29.6 Å². The molecule has 3 amide bonds. The Hall–Kier alpha value is -2.82. The van der Waals surface area contributed by atoms with Gasteiger partial charge in [0.15, 0.2) is 0 Å². The van der Waals surface area contributed by atoms with E-state index in [1.807, 2.05) is 60.0 Å². The van der Waals surface area contributed by atoms with Crippen molar-refractivity contribution < 1.29 is 9.59 Å². The molecule has 3 rings (SSSR count). The van der Waals surface area contributed by atoms with Gasteiger partial charge in [0, 0.05) is 44.6 Å². The van der Waals surface area contributed by atoms with E-state index in [0.29, 0.717) is 19.6 Å². The van der Waals surface area contributed by atoms with Crippen molar-refractivity contribution >= 4 is 11.9 Å². The lowest BCUT2D eigenvalue weighted by Gasteiger charge is -2.35. The molecule has 0 unspecified atom stereocenters. The van der Waals surface area contributed by atoms with Gasteiger partial charge in [-0.25, -0.2) is 4.79 Å². The molecule has 0 saturated carbocycles. The molecule has 0 aliphatic carbocycles. The molecule has 1 aliphatic heterocycles. The van der Waals surface area contributed by atoms with E-state index in [0.717, 1.165) is 25.9 Å². The normalized spacial score (nSPS) is 14.6. The number of urea groups is 1. The van der Waals surface area contributed by atoms with Crippen molar-refractivity contribution in [2.75, 3.05) is 32.7 Å². The van der Waals surface area contributed by atoms with Gasteiger partial charge in [0.1, 0.15) is 0 Å². The predicted molar refractivity (Wildman–Crippen MR) is 120 cm³/mol. The van der Waals surface area contributed by atoms with Crippen molar-refractivity contribution in [2.45, 2.75) is 32.6 Å². The summed E-state index contributed by atoms with van der Waals surface area (Å²) in [4.78, 5) is 29.1. The Morgan fingerprint density at radius 2 is 1.43 bits per heavy atom. The van der Waals surface area contributed by atoms with Crippen LogP contribution in [0.25, 0.3) is 0 Å². The lowest BCUT2D eigenvalue weighted by atomic mass is 9.90. The van der Waals surface area contributed by atoms with Crippen molar-refractivity contribution in [3.8, 4) is 0 Å². The number of nitrogens with one attached hydrogen (secondary N) is 1. The van der Waals surface area contributed by atoms with Crippen molar-refractivity contribution in [1.29, 1.82) is 0 Å². The van der Waals surface area contributed by atoms with Gasteiger partial charge in [-0.05, 0) is 37.8 Å². The monoisotopic (exact) mass is 407 g/mol. The van der Waals surface area contributed by atoms with Gasteiger partial charge in [0.25, 0.3) is 0 Å². The SMILES string of the molecule is CCN(CC)C(=O)N1CCC(C(=O)NCC(c2ccccc2)c2ccccc2)CC1. The average Bonchev–Trinajstić information content (AvgIpc) is 2.81. The molecule has 0 radical (unpaired) electrons. The molecule has 0 atom stereocenters. The van der Waals surface area contributed by atoms with Crippen LogP contribution in [0.15, 0.2) is 60.7 Å². The van der Waals surface area contributed by atoms with E-state index < -0.39 is 0 Å². The summed E-state index contributed by atoms with van der Waals surface area (Å²) < 4.78 is 0. The van der Waals surface area contributed by atoms with E-state index in [4.69, 9.17) is 0 Å². The number of amides is 3. The Morgan fingerprint density at radius 3 is 1.90 bits per heavy atom. The number of likely N-dealkylation sites (tertiary alicyclic amines) is 1. The second-order valence-corrected chi connectivity index (χ2v) is 7.84. The Bertz CT molecular complexity index is 758. The number of hydrogen-bond acceptors (Lipinski definition) is 2. The first kappa shape index (κ1) is 21.9. The molecular weight excluding hydrogens is 374 g/mol. The van der Waals surface area contributed by atoms with Crippen molar-refractivity contribution in [3.05, 3.63) is 71.8 Å². The van der Waals surface area contributed by atoms with Gasteiger partial charge in [-0.15, -0.1) is 0 Å². The Kier molecular flexibility index (Phi) is 7.89. The average molecular weight is 408 g/mol. The quantitative estimate of drug-likeness (QED) is 0.751. The molecule has 0 bridgehead atoms. The van der Waals surface area contributed by atoms with Gasteiger partial charge >= 0.3 is 6.03 Å². The summed E-state index contributed by atoms with van der Waals surface area (Å²) in [6.07, 6.45) is 1.44. The van der Waals surface area contributed by atoms with Crippen LogP contribution in [0.3, 0.4) is 0 Å². The van der Waals surface area contributed by atoms with Crippen LogP contribution in [0.2, 0.25) is 0 Å². The summed E-state index contributed by atoms with van der Waals surface area (Å²) in [6, 6.07) is 20.7. The first-order valence-electron chi connectivity index (χ1n) is 11.1. The summed E-state index contributed by atoms with van der Waals surface area (Å²) in [5.74, 6) is 0.195. The third-order valence-corrected chi connectivity index (χ3v) is 6.05. The molecule has 1 fully saturated rings. The largest absolute Gasteiger partial charge is 0.355 e. The molecule has 1 saturated heterocycles. The Balaban J connectivity index is 1.57. The summed E-state index contributed by atoms with van der Waals surface area (Å²) in [5.41, 5.74) is 2.40. The van der Waals surface area contributed by atoms with Crippen LogP contribution < -0.4 is 5.32 Å². The third-order valence-electron chi connectivity index (χ3n) is 6.05. The molecule has 30 heavy (non-hydrogen) atoms. The van der Waals surface area contributed by atoms with Crippen molar-refractivity contribution in [3.63, 3.8) is 0 Å². The van der Waals surface area contributed by atoms with E-state index >= 15 is 0 Å². The van der Waals surface area contributed by atoms with E-state index in [1.54, 1.807) is 0 Å². The second kappa shape index (κ2) is 10.8. The summed E-state index contributed by atoms with van der Waals surface area (Å²) in [5, 5.41) is 3.19. The summed E-state index contributed by atoms with van der Waals surface area (Å²) in [7, 11) is 0. The topological polar surface area (TPSA) is 52.7 Å². The van der Waals surface area contributed by atoms with Crippen molar-refractivity contribution in [1.82, 2.24) is 15.1 Å². The number of rotatable bonds is 7. The van der Waals surface area contributed by atoms with Crippen LogP contribution in [-0.2, 0) is 4.79 Å². The summed E-state index contributed by atoms with van der Waals surface area (Å²) >= 11 is 0. The fourth-order valence-corrected chi connectivity index (χ4v) is 4.17. The van der Waals surface area contributed by atoms with Crippen LogP contribution in [0.5, 0.6) is 0 Å². The first-order valence-corrected chi connectivity index (χ1v) is 11.1. The highest BCUT2D eigenvalue weighted by Crippen LogP contribution is 2.24. The minimum absolute atomic E-state index is 0.0297. The minimum Gasteiger partial charge on any atom is -0.355 e. The Morgan fingerprint density at radius 1 is 0.933 bits per heavy atom. The zero-order valence-corrected chi connectivity index (χ0v) is 18.1.